The van der Waals surface area contributed by atoms with Crippen molar-refractivity contribution in [2.24, 2.45) is 0 Å². The molecule has 0 bridgehead atoms. The fourth-order valence-corrected chi connectivity index (χ4v) is 2.07. The highest BCUT2D eigenvalue weighted by atomic mass is 32.1. The number of hydrogen-bond donors (Lipinski definition) is 1. The number of aryl methyl sites for hydroxylation is 1. The molecule has 0 aliphatic rings. The Balaban J connectivity index is 2.76. The molecular weight excluding hydrogens is 186 g/mol. The second kappa shape index (κ2) is 2.81. The summed E-state index contributed by atoms with van der Waals surface area (Å²) >= 11 is 1.23. The molecule has 0 spiro atoms. The van der Waals surface area contributed by atoms with Crippen LogP contribution in [-0.4, -0.2) is 15.4 Å². The fraction of sp³-hybridized carbons (Fsp3) is 0.111. The molecule has 0 atom stereocenters. The third kappa shape index (κ3) is 1.29. The summed E-state index contributed by atoms with van der Waals surface area (Å²) in [6.45, 7) is 1.97. The van der Waals surface area contributed by atoms with Crippen LogP contribution in [0, 0.1) is 6.92 Å². The molecule has 66 valence electrons. The average Bonchev–Trinajstić information content (AvgIpc) is 2.46. The highest BCUT2D eigenvalue weighted by Gasteiger charge is 2.11. The van der Waals surface area contributed by atoms with Crippen molar-refractivity contribution in [2.45, 2.75) is 6.92 Å². The molecule has 1 aromatic heterocycles. The van der Waals surface area contributed by atoms with Gasteiger partial charge in [-0.3, -0.25) is 0 Å². The van der Waals surface area contributed by atoms with Gasteiger partial charge in [-0.05, 0) is 30.1 Å². The van der Waals surface area contributed by atoms with Crippen molar-refractivity contribution in [2.75, 3.05) is 0 Å². The zero-order chi connectivity index (χ0) is 9.42. The Bertz CT molecular complexity index is 475. The summed E-state index contributed by atoms with van der Waals surface area (Å²) in [6.07, 6.45) is 0. The monoisotopic (exact) mass is 193 g/mol. The van der Waals surface area contributed by atoms with E-state index in [1.807, 2.05) is 19.1 Å². The third-order valence-corrected chi connectivity index (χ3v) is 2.64. The van der Waals surface area contributed by atoms with E-state index < -0.39 is 5.97 Å². The van der Waals surface area contributed by atoms with E-state index in [0.29, 0.717) is 0 Å². The van der Waals surface area contributed by atoms with Crippen LogP contribution in [0.15, 0.2) is 18.2 Å². The average molecular weight is 193 g/mol. The zero-order valence-corrected chi connectivity index (χ0v) is 7.76. The van der Waals surface area contributed by atoms with Gasteiger partial charge in [-0.25, -0.2) is 4.79 Å². The van der Waals surface area contributed by atoms with Crippen LogP contribution < -0.4 is 0 Å². The smallest absolute Gasteiger partial charge is 0.356 e. The molecule has 0 fully saturated rings. The lowest BCUT2D eigenvalue weighted by molar-refractivity contribution is 0.0694. The van der Waals surface area contributed by atoms with Crippen LogP contribution in [-0.2, 0) is 0 Å². The predicted octanol–water partition coefficient (Wildman–Crippen LogP) is 2.30. The molecule has 0 amide bonds. The van der Waals surface area contributed by atoms with Gasteiger partial charge in [0.25, 0.3) is 0 Å². The number of carboxylic acids is 1. The van der Waals surface area contributed by atoms with E-state index in [1.54, 1.807) is 6.07 Å². The van der Waals surface area contributed by atoms with E-state index in [0.717, 1.165) is 15.6 Å². The van der Waals surface area contributed by atoms with E-state index in [9.17, 15) is 4.79 Å². The van der Waals surface area contributed by atoms with Crippen molar-refractivity contribution in [3.63, 3.8) is 0 Å². The van der Waals surface area contributed by atoms with Gasteiger partial charge in [-0.15, -0.1) is 0 Å². The lowest BCUT2D eigenvalue weighted by Gasteiger charge is -1.91. The number of rotatable bonds is 1. The maximum absolute atomic E-state index is 10.7. The Labute approximate surface area is 78.8 Å². The Kier molecular flexibility index (Phi) is 1.77. The molecule has 3 nitrogen and oxygen atoms in total. The minimum Gasteiger partial charge on any atom is -0.476 e. The molecule has 0 aliphatic heterocycles. The number of carbonyl (C=O) groups is 1. The first kappa shape index (κ1) is 8.19. The number of nitrogens with zero attached hydrogens (tertiary/aromatic N) is 1. The van der Waals surface area contributed by atoms with Gasteiger partial charge in [0.1, 0.15) is 0 Å². The lowest BCUT2D eigenvalue weighted by atomic mass is 10.1. The summed E-state index contributed by atoms with van der Waals surface area (Å²) in [5, 5.41) is 9.51. The number of aromatic carboxylic acids is 1. The standard InChI is InChI=1S/C9H7NO2S/c1-5-2-3-6-7(4-5)13-10-8(6)9(11)12/h2-4H,1H3,(H,11,12). The summed E-state index contributed by atoms with van der Waals surface area (Å²) in [7, 11) is 0. The highest BCUT2D eigenvalue weighted by molar-refractivity contribution is 7.13. The van der Waals surface area contributed by atoms with Crippen LogP contribution in [0.5, 0.6) is 0 Å². The highest BCUT2D eigenvalue weighted by Crippen LogP contribution is 2.23. The molecule has 13 heavy (non-hydrogen) atoms. The minimum atomic E-state index is -0.963. The van der Waals surface area contributed by atoms with E-state index in [-0.39, 0.29) is 5.69 Å². The SMILES string of the molecule is Cc1ccc2c(C(=O)O)nsc2c1. The number of aromatic nitrogens is 1. The zero-order valence-electron chi connectivity index (χ0n) is 6.94. The van der Waals surface area contributed by atoms with Gasteiger partial charge >= 0.3 is 5.97 Å². The van der Waals surface area contributed by atoms with Gasteiger partial charge in [0.15, 0.2) is 5.69 Å². The number of hydrogen-bond acceptors (Lipinski definition) is 3. The van der Waals surface area contributed by atoms with Gasteiger partial charge in [0, 0.05) is 5.39 Å². The Morgan fingerprint density at radius 2 is 2.31 bits per heavy atom. The van der Waals surface area contributed by atoms with Crippen molar-refractivity contribution in [3.05, 3.63) is 29.5 Å². The molecule has 0 saturated carbocycles. The molecule has 1 aromatic carbocycles. The van der Waals surface area contributed by atoms with Crippen LogP contribution >= 0.6 is 11.5 Å². The van der Waals surface area contributed by atoms with Crippen LogP contribution in [0.1, 0.15) is 16.1 Å². The van der Waals surface area contributed by atoms with Crippen molar-refractivity contribution in [1.29, 1.82) is 0 Å². The maximum atomic E-state index is 10.7. The van der Waals surface area contributed by atoms with E-state index in [4.69, 9.17) is 5.11 Å². The van der Waals surface area contributed by atoms with Crippen molar-refractivity contribution >= 4 is 27.6 Å². The van der Waals surface area contributed by atoms with Crippen LogP contribution in [0.4, 0.5) is 0 Å². The molecule has 0 saturated heterocycles. The normalized spacial score (nSPS) is 10.5. The summed E-state index contributed by atoms with van der Waals surface area (Å²) in [5.74, 6) is -0.963. The molecule has 2 rings (SSSR count). The summed E-state index contributed by atoms with van der Waals surface area (Å²) in [5.41, 5.74) is 1.27. The molecule has 0 unspecified atom stereocenters. The Morgan fingerprint density at radius 1 is 1.54 bits per heavy atom. The topological polar surface area (TPSA) is 50.2 Å². The van der Waals surface area contributed by atoms with Gasteiger partial charge in [0.2, 0.25) is 0 Å². The first-order valence-corrected chi connectivity index (χ1v) is 4.55. The molecule has 1 N–H and O–H groups in total. The largest absolute Gasteiger partial charge is 0.476 e. The molecule has 0 radical (unpaired) electrons. The van der Waals surface area contributed by atoms with Gasteiger partial charge < -0.3 is 5.11 Å². The van der Waals surface area contributed by atoms with Crippen molar-refractivity contribution in [3.8, 4) is 0 Å². The predicted molar refractivity (Wildman–Crippen MR) is 51.3 cm³/mol. The Hall–Kier alpha value is -1.42. The molecular formula is C9H7NO2S. The van der Waals surface area contributed by atoms with E-state index >= 15 is 0 Å². The van der Waals surface area contributed by atoms with Crippen molar-refractivity contribution in [1.82, 2.24) is 4.37 Å². The third-order valence-electron chi connectivity index (χ3n) is 1.83. The summed E-state index contributed by atoms with van der Waals surface area (Å²) in [6, 6.07) is 5.64. The fourth-order valence-electron chi connectivity index (χ4n) is 1.20. The molecule has 4 heteroatoms. The second-order valence-corrected chi connectivity index (χ2v) is 3.64. The Morgan fingerprint density at radius 3 is 3.00 bits per heavy atom. The summed E-state index contributed by atoms with van der Waals surface area (Å²) < 4.78 is 4.81. The first-order chi connectivity index (χ1) is 6.18. The number of fused-ring (bicyclic) bond motifs is 1. The lowest BCUT2D eigenvalue weighted by Crippen LogP contribution is -1.95. The van der Waals surface area contributed by atoms with E-state index in [2.05, 4.69) is 4.37 Å². The van der Waals surface area contributed by atoms with Crippen LogP contribution in [0.25, 0.3) is 10.1 Å². The number of benzene rings is 1. The molecule has 0 aliphatic carbocycles. The first-order valence-electron chi connectivity index (χ1n) is 3.78. The molecule has 1 heterocycles. The molecule has 2 aromatic rings. The van der Waals surface area contributed by atoms with Crippen molar-refractivity contribution < 1.29 is 9.90 Å². The maximum Gasteiger partial charge on any atom is 0.356 e. The number of carboxylic acid groups (broad SMARTS) is 1. The second-order valence-electron chi connectivity index (χ2n) is 2.84. The summed E-state index contributed by atoms with van der Waals surface area (Å²) in [4.78, 5) is 10.7. The van der Waals surface area contributed by atoms with E-state index in [1.165, 1.54) is 11.5 Å². The van der Waals surface area contributed by atoms with Crippen LogP contribution in [0.2, 0.25) is 0 Å². The van der Waals surface area contributed by atoms with Gasteiger partial charge in [-0.1, -0.05) is 12.1 Å². The quantitative estimate of drug-likeness (QED) is 0.756. The minimum absolute atomic E-state index is 0.153. The van der Waals surface area contributed by atoms with Gasteiger partial charge in [-0.2, -0.15) is 4.37 Å². The van der Waals surface area contributed by atoms with Gasteiger partial charge in [0.05, 0.1) is 4.70 Å². The van der Waals surface area contributed by atoms with Crippen LogP contribution in [0.3, 0.4) is 0 Å².